The van der Waals surface area contributed by atoms with Crippen LogP contribution in [0.5, 0.6) is 5.75 Å². The third-order valence-electron chi connectivity index (χ3n) is 5.64. The number of urea groups is 1. The maximum absolute atomic E-state index is 12.5. The second-order valence-corrected chi connectivity index (χ2v) is 8.92. The molecule has 166 valence electrons. The van der Waals surface area contributed by atoms with E-state index in [-0.39, 0.29) is 24.8 Å². The highest BCUT2D eigenvalue weighted by atomic mass is 32.1. The maximum atomic E-state index is 12.5. The molecule has 0 radical (unpaired) electrons. The molecule has 2 amide bonds. The fraction of sp³-hybridized carbons (Fsp3) is 0.364. The molecule has 0 bridgehead atoms. The van der Waals surface area contributed by atoms with E-state index in [9.17, 15) is 4.79 Å². The standard InChI is InChI=1S/C22H24N6O3S/c1-2-3-14-4-18(20-19(5-14)32-13-25-20)31-17-10-28(11-17)22(30)26-16-8-27(9-16)21-23-6-15(12-29)7-24-21/h2,4-7,13,16-17,29H,1,3,8-12H2,(H,26,30). The van der Waals surface area contributed by atoms with E-state index in [0.717, 1.165) is 28.0 Å². The summed E-state index contributed by atoms with van der Waals surface area (Å²) in [5, 5.41) is 12.1. The Morgan fingerprint density at radius 2 is 2.00 bits per heavy atom. The molecule has 1 aromatic carbocycles. The molecule has 4 heterocycles. The molecular weight excluding hydrogens is 428 g/mol. The number of thiazole rings is 1. The first-order valence-electron chi connectivity index (χ1n) is 10.5. The molecule has 2 aliphatic rings. The van der Waals surface area contributed by atoms with Gasteiger partial charge in [0, 0.05) is 31.0 Å². The van der Waals surface area contributed by atoms with Crippen LogP contribution >= 0.6 is 11.3 Å². The van der Waals surface area contributed by atoms with E-state index in [1.807, 2.05) is 22.6 Å². The lowest BCUT2D eigenvalue weighted by molar-refractivity contribution is 0.0439. The first kappa shape index (κ1) is 20.7. The van der Waals surface area contributed by atoms with Crippen LogP contribution in [0.2, 0.25) is 0 Å². The molecule has 2 N–H and O–H groups in total. The molecule has 0 saturated carbocycles. The molecule has 0 atom stereocenters. The summed E-state index contributed by atoms with van der Waals surface area (Å²) in [7, 11) is 0. The molecule has 9 nitrogen and oxygen atoms in total. The summed E-state index contributed by atoms with van der Waals surface area (Å²) in [6.07, 6.45) is 5.83. The number of benzene rings is 1. The van der Waals surface area contributed by atoms with Crippen molar-refractivity contribution >= 4 is 33.5 Å². The number of hydrogen-bond donors (Lipinski definition) is 2. The van der Waals surface area contributed by atoms with Gasteiger partial charge in [-0.1, -0.05) is 6.08 Å². The van der Waals surface area contributed by atoms with Crippen molar-refractivity contribution in [3.63, 3.8) is 0 Å². The van der Waals surface area contributed by atoms with Crippen LogP contribution in [-0.2, 0) is 13.0 Å². The van der Waals surface area contributed by atoms with E-state index in [1.165, 1.54) is 0 Å². The fourth-order valence-corrected chi connectivity index (χ4v) is 4.57. The van der Waals surface area contributed by atoms with Crippen molar-refractivity contribution in [1.82, 2.24) is 25.2 Å². The number of nitrogens with one attached hydrogen (secondary N) is 1. The number of likely N-dealkylation sites (tertiary alicyclic amines) is 1. The molecule has 0 spiro atoms. The van der Waals surface area contributed by atoms with Gasteiger partial charge in [-0.3, -0.25) is 0 Å². The molecule has 2 aliphatic heterocycles. The van der Waals surface area contributed by atoms with Crippen LogP contribution in [0.3, 0.4) is 0 Å². The molecule has 5 rings (SSSR count). The van der Waals surface area contributed by atoms with Gasteiger partial charge in [0.15, 0.2) is 0 Å². The number of aromatic nitrogens is 3. The third kappa shape index (κ3) is 4.11. The maximum Gasteiger partial charge on any atom is 0.317 e. The van der Waals surface area contributed by atoms with Crippen LogP contribution in [0.25, 0.3) is 10.2 Å². The Hall–Kier alpha value is -3.24. The number of hydrogen-bond acceptors (Lipinski definition) is 8. The zero-order valence-electron chi connectivity index (χ0n) is 17.5. The van der Waals surface area contributed by atoms with Gasteiger partial charge in [-0.25, -0.2) is 19.7 Å². The Morgan fingerprint density at radius 1 is 1.22 bits per heavy atom. The van der Waals surface area contributed by atoms with E-state index in [0.29, 0.717) is 37.7 Å². The predicted octanol–water partition coefficient (Wildman–Crippen LogP) is 1.97. The van der Waals surface area contributed by atoms with Crippen molar-refractivity contribution in [2.24, 2.45) is 0 Å². The quantitative estimate of drug-likeness (QED) is 0.528. The lowest BCUT2D eigenvalue weighted by Gasteiger charge is -2.43. The molecule has 2 aromatic heterocycles. The summed E-state index contributed by atoms with van der Waals surface area (Å²) in [4.78, 5) is 29.2. The Balaban J connectivity index is 1.10. The summed E-state index contributed by atoms with van der Waals surface area (Å²) in [5.74, 6) is 1.38. The third-order valence-corrected chi connectivity index (χ3v) is 6.41. The summed E-state index contributed by atoms with van der Waals surface area (Å²) in [5.41, 5.74) is 4.51. The van der Waals surface area contributed by atoms with Gasteiger partial charge in [-0.2, -0.15) is 0 Å². The molecule has 10 heteroatoms. The van der Waals surface area contributed by atoms with E-state index in [4.69, 9.17) is 9.84 Å². The Bertz CT molecular complexity index is 1120. The molecule has 2 saturated heterocycles. The number of allylic oxidation sites excluding steroid dienone is 1. The highest BCUT2D eigenvalue weighted by Gasteiger charge is 2.36. The lowest BCUT2D eigenvalue weighted by atomic mass is 10.1. The van der Waals surface area contributed by atoms with Crippen molar-refractivity contribution in [2.75, 3.05) is 31.1 Å². The number of rotatable bonds is 7. The van der Waals surface area contributed by atoms with Gasteiger partial charge in [0.25, 0.3) is 0 Å². The number of aliphatic hydroxyl groups is 1. The van der Waals surface area contributed by atoms with Crippen LogP contribution < -0.4 is 15.0 Å². The molecule has 2 fully saturated rings. The van der Waals surface area contributed by atoms with E-state index in [1.54, 1.807) is 28.6 Å². The summed E-state index contributed by atoms with van der Waals surface area (Å²) >= 11 is 1.59. The molecule has 0 aliphatic carbocycles. The van der Waals surface area contributed by atoms with Gasteiger partial charge in [-0.05, 0) is 24.1 Å². The number of ether oxygens (including phenoxy) is 1. The number of carbonyl (C=O) groups excluding carboxylic acids is 1. The smallest absolute Gasteiger partial charge is 0.317 e. The van der Waals surface area contributed by atoms with Gasteiger partial charge in [0.1, 0.15) is 17.4 Å². The van der Waals surface area contributed by atoms with Crippen LogP contribution in [-0.4, -0.2) is 69.3 Å². The zero-order chi connectivity index (χ0) is 22.1. The Labute approximate surface area is 189 Å². The van der Waals surface area contributed by atoms with Crippen LogP contribution in [0.15, 0.2) is 42.7 Å². The number of anilines is 1. The van der Waals surface area contributed by atoms with Crippen molar-refractivity contribution in [2.45, 2.75) is 25.2 Å². The normalized spacial score (nSPS) is 16.5. The molecular formula is C22H24N6O3S. The summed E-state index contributed by atoms with van der Waals surface area (Å²) in [6.45, 7) is 6.16. The first-order valence-corrected chi connectivity index (χ1v) is 11.4. The fourth-order valence-electron chi connectivity index (χ4n) is 3.81. The summed E-state index contributed by atoms with van der Waals surface area (Å²) < 4.78 is 7.27. The van der Waals surface area contributed by atoms with Crippen LogP contribution in [0.4, 0.5) is 10.7 Å². The van der Waals surface area contributed by atoms with Crippen molar-refractivity contribution in [3.8, 4) is 5.75 Å². The predicted molar refractivity (Wildman–Crippen MR) is 122 cm³/mol. The topological polar surface area (TPSA) is 104 Å². The van der Waals surface area contributed by atoms with Crippen molar-refractivity contribution in [3.05, 3.63) is 53.8 Å². The minimum absolute atomic E-state index is 0.0408. The van der Waals surface area contributed by atoms with Crippen molar-refractivity contribution < 1.29 is 14.6 Å². The minimum Gasteiger partial charge on any atom is -0.484 e. The minimum atomic E-state index is -0.0785. The second-order valence-electron chi connectivity index (χ2n) is 8.03. The number of amides is 2. The monoisotopic (exact) mass is 452 g/mol. The van der Waals surface area contributed by atoms with Crippen LogP contribution in [0.1, 0.15) is 11.1 Å². The largest absolute Gasteiger partial charge is 0.484 e. The van der Waals surface area contributed by atoms with Gasteiger partial charge in [0.05, 0.1) is 35.9 Å². The number of nitrogens with zero attached hydrogens (tertiary/aromatic N) is 5. The molecule has 32 heavy (non-hydrogen) atoms. The average molecular weight is 453 g/mol. The van der Waals surface area contributed by atoms with Crippen LogP contribution in [0, 0.1) is 0 Å². The number of aliphatic hydroxyl groups excluding tert-OH is 1. The van der Waals surface area contributed by atoms with Gasteiger partial charge >= 0.3 is 6.03 Å². The Kier molecular flexibility index (Phi) is 5.62. The second kappa shape index (κ2) is 8.71. The molecule has 3 aromatic rings. The number of carbonyl (C=O) groups is 1. The summed E-state index contributed by atoms with van der Waals surface area (Å²) in [6, 6.07) is 4.12. The highest BCUT2D eigenvalue weighted by Crippen LogP contribution is 2.31. The van der Waals surface area contributed by atoms with Gasteiger partial charge < -0.3 is 25.0 Å². The van der Waals surface area contributed by atoms with E-state index >= 15 is 0 Å². The van der Waals surface area contributed by atoms with Gasteiger partial charge in [-0.15, -0.1) is 17.9 Å². The SMILES string of the molecule is C=CCc1cc(OC2CN(C(=O)NC3CN(c4ncc(CO)cn4)C3)C2)c2ncsc2c1. The lowest BCUT2D eigenvalue weighted by Crippen LogP contribution is -2.65. The van der Waals surface area contributed by atoms with E-state index < -0.39 is 0 Å². The van der Waals surface area contributed by atoms with Gasteiger partial charge in [0.2, 0.25) is 5.95 Å². The first-order chi connectivity index (χ1) is 15.6. The molecule has 0 unspecified atom stereocenters. The average Bonchev–Trinajstić information content (AvgIpc) is 3.21. The van der Waals surface area contributed by atoms with E-state index in [2.05, 4.69) is 32.9 Å². The van der Waals surface area contributed by atoms with Crippen molar-refractivity contribution in [1.29, 1.82) is 0 Å². The Morgan fingerprint density at radius 3 is 2.72 bits per heavy atom. The number of fused-ring (bicyclic) bond motifs is 1. The highest BCUT2D eigenvalue weighted by molar-refractivity contribution is 7.16. The zero-order valence-corrected chi connectivity index (χ0v) is 18.3.